The van der Waals surface area contributed by atoms with Gasteiger partial charge in [-0.15, -0.1) is 0 Å². The molecule has 1 aromatic rings. The number of carbonyl (C=O) groups is 2. The van der Waals surface area contributed by atoms with Crippen LogP contribution in [0.25, 0.3) is 0 Å². The van der Waals surface area contributed by atoms with E-state index in [2.05, 4.69) is 11.1 Å². The van der Waals surface area contributed by atoms with Crippen LogP contribution in [0.3, 0.4) is 0 Å². The van der Waals surface area contributed by atoms with Crippen molar-refractivity contribution in [2.75, 3.05) is 14.2 Å². The van der Waals surface area contributed by atoms with E-state index in [1.54, 1.807) is 38.1 Å². The topological polar surface area (TPSA) is 88.8 Å². The molecule has 24 heavy (non-hydrogen) atoms. The van der Waals surface area contributed by atoms with Crippen molar-refractivity contribution in [2.24, 2.45) is 10.9 Å². The molecule has 2 unspecified atom stereocenters. The molecular weight excluding hydrogens is 308 g/mol. The third-order valence-corrected chi connectivity index (χ3v) is 4.11. The molecule has 1 heterocycles. The zero-order valence-electron chi connectivity index (χ0n) is 14.0. The normalized spacial score (nSPS) is 20.0. The second kappa shape index (κ2) is 7.09. The zero-order chi connectivity index (χ0) is 17.9. The Morgan fingerprint density at radius 1 is 1.17 bits per heavy atom. The number of nitriles is 1. The molecule has 0 fully saturated rings. The number of ether oxygens (including phenoxy) is 2. The first kappa shape index (κ1) is 17.4. The predicted octanol–water partition coefficient (Wildman–Crippen LogP) is 2.35. The summed E-state index contributed by atoms with van der Waals surface area (Å²) in [6, 6.07) is 8.98. The van der Waals surface area contributed by atoms with E-state index >= 15 is 0 Å². The Balaban J connectivity index is 2.76. The molecule has 6 heteroatoms. The molecule has 0 bridgehead atoms. The highest BCUT2D eigenvalue weighted by Gasteiger charge is 2.42. The van der Waals surface area contributed by atoms with Gasteiger partial charge in [0.2, 0.25) is 0 Å². The lowest BCUT2D eigenvalue weighted by Gasteiger charge is -2.31. The van der Waals surface area contributed by atoms with Gasteiger partial charge in [0.05, 0.1) is 31.4 Å². The van der Waals surface area contributed by atoms with E-state index in [4.69, 9.17) is 9.47 Å². The first-order valence-electron chi connectivity index (χ1n) is 7.37. The van der Waals surface area contributed by atoms with Crippen molar-refractivity contribution in [2.45, 2.75) is 19.8 Å². The largest absolute Gasteiger partial charge is 0.468 e. The Labute approximate surface area is 140 Å². The molecule has 0 aromatic heterocycles. The minimum atomic E-state index is -0.790. The quantitative estimate of drug-likeness (QED) is 0.796. The van der Waals surface area contributed by atoms with Gasteiger partial charge in [0.25, 0.3) is 0 Å². The maximum atomic E-state index is 12.4. The fraction of sp³-hybridized carbons (Fsp3) is 0.333. The fourth-order valence-corrected chi connectivity index (χ4v) is 3.05. The number of carbonyl (C=O) groups excluding carboxylic acids is 2. The number of aliphatic imine (C=N–C) groups is 1. The molecular formula is C18H18N2O4. The lowest BCUT2D eigenvalue weighted by Crippen LogP contribution is -2.36. The third-order valence-electron chi connectivity index (χ3n) is 4.11. The monoisotopic (exact) mass is 326 g/mol. The average Bonchev–Trinajstić information content (AvgIpc) is 2.59. The van der Waals surface area contributed by atoms with Gasteiger partial charge in [-0.05, 0) is 25.5 Å². The van der Waals surface area contributed by atoms with Crippen molar-refractivity contribution < 1.29 is 19.1 Å². The molecule has 1 aliphatic heterocycles. The zero-order valence-corrected chi connectivity index (χ0v) is 14.0. The Hall–Kier alpha value is -2.94. The Kier molecular flexibility index (Phi) is 5.14. The maximum absolute atomic E-state index is 12.4. The first-order chi connectivity index (χ1) is 11.5. The smallest absolute Gasteiger partial charge is 0.336 e. The van der Waals surface area contributed by atoms with Gasteiger partial charge < -0.3 is 9.47 Å². The van der Waals surface area contributed by atoms with Gasteiger partial charge in [-0.25, -0.2) is 4.79 Å². The van der Waals surface area contributed by atoms with E-state index in [0.29, 0.717) is 22.5 Å². The van der Waals surface area contributed by atoms with E-state index < -0.39 is 23.8 Å². The van der Waals surface area contributed by atoms with Gasteiger partial charge in [0.1, 0.15) is 5.92 Å². The summed E-state index contributed by atoms with van der Waals surface area (Å²) >= 11 is 0. The summed E-state index contributed by atoms with van der Waals surface area (Å²) in [6.45, 7) is 3.40. The van der Waals surface area contributed by atoms with Crippen LogP contribution in [0, 0.1) is 17.2 Å². The van der Waals surface area contributed by atoms with E-state index in [1.807, 2.05) is 0 Å². The summed E-state index contributed by atoms with van der Waals surface area (Å²) in [7, 11) is 2.56. The van der Waals surface area contributed by atoms with Crippen LogP contribution in [0.15, 0.2) is 40.5 Å². The van der Waals surface area contributed by atoms with Crippen LogP contribution in [-0.4, -0.2) is 31.9 Å². The molecule has 1 aromatic carbocycles. The van der Waals surface area contributed by atoms with Gasteiger partial charge in [-0.3, -0.25) is 9.79 Å². The molecule has 0 N–H and O–H groups in total. The molecule has 6 nitrogen and oxygen atoms in total. The number of hydrogen-bond donors (Lipinski definition) is 0. The number of rotatable bonds is 3. The maximum Gasteiger partial charge on any atom is 0.336 e. The summed E-state index contributed by atoms with van der Waals surface area (Å²) in [4.78, 5) is 29.0. The second-order valence-corrected chi connectivity index (χ2v) is 5.42. The summed E-state index contributed by atoms with van der Waals surface area (Å²) < 4.78 is 9.79. The van der Waals surface area contributed by atoms with Crippen LogP contribution in [-0.2, 0) is 19.1 Å². The van der Waals surface area contributed by atoms with E-state index in [0.717, 1.165) is 0 Å². The van der Waals surface area contributed by atoms with E-state index in [9.17, 15) is 14.9 Å². The average molecular weight is 326 g/mol. The van der Waals surface area contributed by atoms with Crippen LogP contribution in [0.2, 0.25) is 0 Å². The standard InChI is InChI=1S/C18H18N2O4/c1-10-14(17(21)23-3)16(13-8-6-5-7-12(13)9-19)15(11(2)20-10)18(22)24-4/h5-8,14,16H,1-4H3. The molecule has 0 saturated carbocycles. The number of esters is 2. The molecule has 0 saturated heterocycles. The summed E-state index contributed by atoms with van der Waals surface area (Å²) in [6.07, 6.45) is 0. The first-order valence-corrected chi connectivity index (χ1v) is 7.37. The third kappa shape index (κ3) is 2.93. The summed E-state index contributed by atoms with van der Waals surface area (Å²) in [5.41, 5.74) is 2.23. The number of methoxy groups -OCH3 is 2. The molecule has 0 spiro atoms. The minimum absolute atomic E-state index is 0.265. The van der Waals surface area contributed by atoms with Crippen LogP contribution in [0.4, 0.5) is 0 Å². The van der Waals surface area contributed by atoms with E-state index in [-0.39, 0.29) is 5.57 Å². The van der Waals surface area contributed by atoms with Crippen molar-refractivity contribution in [1.29, 1.82) is 5.26 Å². The molecule has 1 aliphatic rings. The van der Waals surface area contributed by atoms with Crippen LogP contribution < -0.4 is 0 Å². The van der Waals surface area contributed by atoms with Crippen molar-refractivity contribution in [1.82, 2.24) is 0 Å². The SMILES string of the molecule is COC(=O)C1=C(C)N=C(C)C(C(=O)OC)C1c1ccccc1C#N. The van der Waals surface area contributed by atoms with E-state index in [1.165, 1.54) is 14.2 Å². The van der Waals surface area contributed by atoms with Gasteiger partial charge in [0.15, 0.2) is 0 Å². The lowest BCUT2D eigenvalue weighted by atomic mass is 9.74. The number of allylic oxidation sites excluding steroid dienone is 1. The predicted molar refractivity (Wildman–Crippen MR) is 87.2 cm³/mol. The number of hydrogen-bond acceptors (Lipinski definition) is 6. The van der Waals surface area contributed by atoms with Gasteiger partial charge in [-0.2, -0.15) is 5.26 Å². The summed E-state index contributed by atoms with van der Waals surface area (Å²) in [5, 5.41) is 9.42. The van der Waals surface area contributed by atoms with Crippen LogP contribution >= 0.6 is 0 Å². The van der Waals surface area contributed by atoms with Crippen molar-refractivity contribution in [3.63, 3.8) is 0 Å². The Bertz CT molecular complexity index is 786. The molecule has 2 rings (SSSR count). The Morgan fingerprint density at radius 2 is 1.83 bits per heavy atom. The molecule has 0 aliphatic carbocycles. The van der Waals surface area contributed by atoms with Crippen molar-refractivity contribution >= 4 is 17.7 Å². The van der Waals surface area contributed by atoms with Crippen molar-refractivity contribution in [3.05, 3.63) is 46.7 Å². The second-order valence-electron chi connectivity index (χ2n) is 5.42. The highest BCUT2D eigenvalue weighted by molar-refractivity contribution is 6.07. The Morgan fingerprint density at radius 3 is 2.42 bits per heavy atom. The highest BCUT2D eigenvalue weighted by atomic mass is 16.5. The highest BCUT2D eigenvalue weighted by Crippen LogP contribution is 2.41. The summed E-state index contributed by atoms with van der Waals surface area (Å²) in [5.74, 6) is -2.56. The van der Waals surface area contributed by atoms with Gasteiger partial charge in [0, 0.05) is 17.3 Å². The van der Waals surface area contributed by atoms with Gasteiger partial charge in [-0.1, -0.05) is 18.2 Å². The minimum Gasteiger partial charge on any atom is -0.468 e. The van der Waals surface area contributed by atoms with Crippen LogP contribution in [0.1, 0.15) is 30.9 Å². The van der Waals surface area contributed by atoms with Gasteiger partial charge >= 0.3 is 11.9 Å². The molecule has 0 amide bonds. The van der Waals surface area contributed by atoms with Crippen LogP contribution in [0.5, 0.6) is 0 Å². The molecule has 124 valence electrons. The molecule has 0 radical (unpaired) electrons. The number of benzene rings is 1. The lowest BCUT2D eigenvalue weighted by molar-refractivity contribution is -0.143. The fourth-order valence-electron chi connectivity index (χ4n) is 3.05. The van der Waals surface area contributed by atoms with Crippen molar-refractivity contribution in [3.8, 4) is 6.07 Å². The number of nitrogens with zero attached hydrogens (tertiary/aromatic N) is 2. The molecule has 2 atom stereocenters.